The van der Waals surface area contributed by atoms with Gasteiger partial charge < -0.3 is 14.1 Å². The van der Waals surface area contributed by atoms with E-state index in [0.717, 1.165) is 51.4 Å². The number of hydrogen-bond donors (Lipinski definition) is 1. The molecule has 2 heterocycles. The molecule has 40 heavy (non-hydrogen) atoms. The molecule has 0 amide bonds. The molecule has 4 rings (SSSR count). The van der Waals surface area contributed by atoms with E-state index in [1.165, 1.54) is 31.4 Å². The van der Waals surface area contributed by atoms with Crippen LogP contribution in [0.25, 0.3) is 11.0 Å². The van der Waals surface area contributed by atoms with Gasteiger partial charge in [-0.1, -0.05) is 19.8 Å². The number of hydrogen-bond acceptors (Lipinski definition) is 8. The van der Waals surface area contributed by atoms with Crippen molar-refractivity contribution in [1.82, 2.24) is 4.90 Å². The summed E-state index contributed by atoms with van der Waals surface area (Å²) in [6.07, 6.45) is 8.78. The molecule has 9 nitrogen and oxygen atoms in total. The molecule has 1 N–H and O–H groups in total. The lowest BCUT2D eigenvalue weighted by Crippen LogP contribution is -2.31. The SMILES string of the molecule is CCCCc1oc2ccc(NS(C)(=O)=O)cc2c1C(=O)c1ccc(OCCCN2CCCCC2)c(S(C)(=O)=O)c1. The maximum Gasteiger partial charge on any atom is 0.229 e. The summed E-state index contributed by atoms with van der Waals surface area (Å²) >= 11 is 0. The van der Waals surface area contributed by atoms with Gasteiger partial charge in [0.25, 0.3) is 0 Å². The van der Waals surface area contributed by atoms with Gasteiger partial charge in [-0.05, 0) is 75.2 Å². The molecular formula is C29H38N2O7S2. The van der Waals surface area contributed by atoms with Crippen LogP contribution >= 0.6 is 0 Å². The number of carbonyl (C=O) groups is 1. The number of sulfonamides is 1. The zero-order valence-corrected chi connectivity index (χ0v) is 25.0. The monoisotopic (exact) mass is 590 g/mol. The maximum absolute atomic E-state index is 13.9. The summed E-state index contributed by atoms with van der Waals surface area (Å²) in [5.74, 6) is 0.306. The number of ketones is 1. The first-order valence-electron chi connectivity index (χ1n) is 13.7. The number of aryl methyl sites for hydroxylation is 1. The molecule has 0 atom stereocenters. The molecule has 1 saturated heterocycles. The standard InChI is InChI=1S/C29H38N2O7S2/c1-4-5-10-26-28(23-20-22(30-40(3,35)36)12-14-24(23)38-26)29(32)21-11-13-25(27(19-21)39(2,33)34)37-18-9-17-31-15-7-6-8-16-31/h11-14,19-20,30H,4-10,15-18H2,1-3H3. The Kier molecular flexibility index (Phi) is 9.58. The predicted octanol–water partition coefficient (Wildman–Crippen LogP) is 5.04. The Morgan fingerprint density at radius 2 is 1.75 bits per heavy atom. The summed E-state index contributed by atoms with van der Waals surface area (Å²) in [6, 6.07) is 9.23. The molecule has 1 aromatic heterocycles. The molecule has 11 heteroatoms. The summed E-state index contributed by atoms with van der Waals surface area (Å²) < 4.78 is 63.3. The number of rotatable bonds is 13. The highest BCUT2D eigenvalue weighted by molar-refractivity contribution is 7.92. The molecule has 1 fully saturated rings. The number of fused-ring (bicyclic) bond motifs is 1. The summed E-state index contributed by atoms with van der Waals surface area (Å²) in [6.45, 7) is 5.47. The van der Waals surface area contributed by atoms with Crippen LogP contribution in [-0.2, 0) is 26.3 Å². The number of likely N-dealkylation sites (tertiary alicyclic amines) is 1. The number of anilines is 1. The van der Waals surface area contributed by atoms with Crippen molar-refractivity contribution < 1.29 is 30.8 Å². The first-order chi connectivity index (χ1) is 19.0. The van der Waals surface area contributed by atoms with Crippen LogP contribution in [0.15, 0.2) is 45.7 Å². The van der Waals surface area contributed by atoms with E-state index in [4.69, 9.17) is 9.15 Å². The molecule has 1 aliphatic rings. The smallest absolute Gasteiger partial charge is 0.229 e. The van der Waals surface area contributed by atoms with Gasteiger partial charge in [0.2, 0.25) is 10.0 Å². The molecule has 0 radical (unpaired) electrons. The quantitative estimate of drug-likeness (QED) is 0.217. The Bertz CT molecular complexity index is 1570. The van der Waals surface area contributed by atoms with Crippen molar-refractivity contribution in [2.75, 3.05) is 43.5 Å². The summed E-state index contributed by atoms with van der Waals surface area (Å²) in [4.78, 5) is 16.2. The van der Waals surface area contributed by atoms with E-state index < -0.39 is 25.6 Å². The van der Waals surface area contributed by atoms with Gasteiger partial charge in [0.15, 0.2) is 15.6 Å². The van der Waals surface area contributed by atoms with Gasteiger partial charge in [0.1, 0.15) is 22.0 Å². The van der Waals surface area contributed by atoms with Crippen LogP contribution in [-0.4, -0.2) is 66.3 Å². The molecule has 0 unspecified atom stereocenters. The molecule has 0 spiro atoms. The second-order valence-corrected chi connectivity index (χ2v) is 14.2. The van der Waals surface area contributed by atoms with Gasteiger partial charge in [0.05, 0.1) is 18.4 Å². The Morgan fingerprint density at radius 3 is 2.42 bits per heavy atom. The largest absolute Gasteiger partial charge is 0.492 e. The van der Waals surface area contributed by atoms with Crippen molar-refractivity contribution in [3.63, 3.8) is 0 Å². The van der Waals surface area contributed by atoms with Gasteiger partial charge in [-0.3, -0.25) is 9.52 Å². The predicted molar refractivity (Wildman–Crippen MR) is 157 cm³/mol. The number of piperidine rings is 1. The molecular weight excluding hydrogens is 552 g/mol. The number of unbranched alkanes of at least 4 members (excludes halogenated alkanes) is 1. The van der Waals surface area contributed by atoms with Crippen LogP contribution in [0.2, 0.25) is 0 Å². The Balaban J connectivity index is 1.64. The number of nitrogens with one attached hydrogen (secondary N) is 1. The molecule has 0 saturated carbocycles. The van der Waals surface area contributed by atoms with E-state index in [0.29, 0.717) is 41.0 Å². The van der Waals surface area contributed by atoms with Gasteiger partial charge in [-0.2, -0.15) is 0 Å². The average Bonchev–Trinajstić information content (AvgIpc) is 3.26. The van der Waals surface area contributed by atoms with Crippen molar-refractivity contribution >= 4 is 42.3 Å². The van der Waals surface area contributed by atoms with E-state index in [1.54, 1.807) is 24.3 Å². The van der Waals surface area contributed by atoms with E-state index in [1.807, 2.05) is 6.92 Å². The normalized spacial score (nSPS) is 14.9. The molecule has 0 bridgehead atoms. The second kappa shape index (κ2) is 12.7. The summed E-state index contributed by atoms with van der Waals surface area (Å²) in [5.41, 5.74) is 1.24. The fourth-order valence-corrected chi connectivity index (χ4v) is 6.43. The molecule has 218 valence electrons. The highest BCUT2D eigenvalue weighted by atomic mass is 32.2. The van der Waals surface area contributed by atoms with Crippen molar-refractivity contribution in [2.45, 2.75) is 56.8 Å². The highest BCUT2D eigenvalue weighted by Crippen LogP contribution is 2.33. The van der Waals surface area contributed by atoms with Crippen LogP contribution < -0.4 is 9.46 Å². The number of benzene rings is 2. The fraction of sp³-hybridized carbons (Fsp3) is 0.483. The van der Waals surface area contributed by atoms with Crippen molar-refractivity contribution in [3.8, 4) is 5.75 Å². The molecule has 3 aromatic rings. The molecule has 1 aliphatic heterocycles. The Labute approximate surface area is 236 Å². The highest BCUT2D eigenvalue weighted by Gasteiger charge is 2.25. The minimum atomic E-state index is -3.70. The fourth-order valence-electron chi connectivity index (χ4n) is 5.04. The molecule has 2 aromatic carbocycles. The third-order valence-electron chi connectivity index (χ3n) is 6.98. The second-order valence-electron chi connectivity index (χ2n) is 10.5. The average molecular weight is 591 g/mol. The number of ether oxygens (including phenoxy) is 1. The topological polar surface area (TPSA) is 123 Å². The van der Waals surface area contributed by atoms with Gasteiger partial charge >= 0.3 is 0 Å². The third-order valence-corrected chi connectivity index (χ3v) is 8.70. The summed E-state index contributed by atoms with van der Waals surface area (Å²) in [7, 11) is -7.23. The van der Waals surface area contributed by atoms with Crippen LogP contribution in [0.1, 0.15) is 67.1 Å². The van der Waals surface area contributed by atoms with Crippen LogP contribution in [0.5, 0.6) is 5.75 Å². The lowest BCUT2D eigenvalue weighted by Gasteiger charge is -2.26. The molecule has 0 aliphatic carbocycles. The van der Waals surface area contributed by atoms with E-state index >= 15 is 0 Å². The van der Waals surface area contributed by atoms with E-state index in [-0.39, 0.29) is 16.2 Å². The Morgan fingerprint density at radius 1 is 1.00 bits per heavy atom. The Hall–Kier alpha value is -2.89. The van der Waals surface area contributed by atoms with Crippen molar-refractivity contribution in [3.05, 3.63) is 53.3 Å². The zero-order chi connectivity index (χ0) is 28.9. The first kappa shape index (κ1) is 30.1. The number of furan rings is 1. The summed E-state index contributed by atoms with van der Waals surface area (Å²) in [5, 5.41) is 0.462. The van der Waals surface area contributed by atoms with E-state index in [2.05, 4.69) is 9.62 Å². The van der Waals surface area contributed by atoms with Crippen molar-refractivity contribution in [1.29, 1.82) is 0 Å². The van der Waals surface area contributed by atoms with Gasteiger partial charge in [0, 0.05) is 35.9 Å². The number of nitrogens with zero attached hydrogens (tertiary/aromatic N) is 1. The van der Waals surface area contributed by atoms with Crippen LogP contribution in [0.4, 0.5) is 5.69 Å². The van der Waals surface area contributed by atoms with E-state index in [9.17, 15) is 21.6 Å². The zero-order valence-electron chi connectivity index (χ0n) is 23.4. The lowest BCUT2D eigenvalue weighted by molar-refractivity contribution is 0.103. The van der Waals surface area contributed by atoms with Crippen LogP contribution in [0.3, 0.4) is 0 Å². The maximum atomic E-state index is 13.9. The first-order valence-corrected chi connectivity index (χ1v) is 17.5. The third kappa shape index (κ3) is 7.64. The van der Waals surface area contributed by atoms with Crippen LogP contribution in [0, 0.1) is 0 Å². The number of sulfone groups is 1. The number of carbonyl (C=O) groups excluding carboxylic acids is 1. The minimum absolute atomic E-state index is 0.0429. The van der Waals surface area contributed by atoms with Gasteiger partial charge in [-0.25, -0.2) is 16.8 Å². The minimum Gasteiger partial charge on any atom is -0.492 e. The lowest BCUT2D eigenvalue weighted by atomic mass is 9.98. The van der Waals surface area contributed by atoms with Gasteiger partial charge in [-0.15, -0.1) is 0 Å². The van der Waals surface area contributed by atoms with Crippen molar-refractivity contribution in [2.24, 2.45) is 0 Å².